The van der Waals surface area contributed by atoms with Gasteiger partial charge in [-0.3, -0.25) is 4.79 Å². The van der Waals surface area contributed by atoms with Gasteiger partial charge in [-0.2, -0.15) is 0 Å². The highest BCUT2D eigenvalue weighted by molar-refractivity contribution is 5.97. The predicted octanol–water partition coefficient (Wildman–Crippen LogP) is 2.56. The highest BCUT2D eigenvalue weighted by Crippen LogP contribution is 2.38. The fourth-order valence-corrected chi connectivity index (χ4v) is 1.78. The second-order valence-electron chi connectivity index (χ2n) is 4.65. The summed E-state index contributed by atoms with van der Waals surface area (Å²) in [7, 11) is 0. The first kappa shape index (κ1) is 17.4. The molecule has 0 aromatic heterocycles. The zero-order valence-electron chi connectivity index (χ0n) is 12.2. The van der Waals surface area contributed by atoms with Crippen LogP contribution in [0.3, 0.4) is 0 Å². The van der Waals surface area contributed by atoms with Crippen LogP contribution in [-0.4, -0.2) is 25.4 Å². The fourth-order valence-electron chi connectivity index (χ4n) is 1.78. The Hall–Kier alpha value is -1.66. The second kappa shape index (κ2) is 7.95. The lowest BCUT2D eigenvalue weighted by Gasteiger charge is -2.14. The van der Waals surface area contributed by atoms with E-state index in [0.717, 1.165) is 12.8 Å². The van der Waals surface area contributed by atoms with Crippen LogP contribution in [0, 0.1) is 0 Å². The average Bonchev–Trinajstić information content (AvgIpc) is 2.86. The van der Waals surface area contributed by atoms with Gasteiger partial charge in [0.15, 0.2) is 11.5 Å². The van der Waals surface area contributed by atoms with Gasteiger partial charge >= 0.3 is 0 Å². The van der Waals surface area contributed by atoms with Crippen LogP contribution < -0.4 is 20.5 Å². The summed E-state index contributed by atoms with van der Waals surface area (Å²) in [5.74, 6) is 0.938. The topological polar surface area (TPSA) is 82.8 Å². The Balaban J connectivity index is 0.00000220. The molecule has 1 amide bonds. The van der Waals surface area contributed by atoms with Gasteiger partial charge in [-0.1, -0.05) is 13.3 Å². The summed E-state index contributed by atoms with van der Waals surface area (Å²) in [6, 6.07) is 3.30. The van der Waals surface area contributed by atoms with E-state index in [1.165, 1.54) is 0 Å². The van der Waals surface area contributed by atoms with Crippen LogP contribution in [-0.2, 0) is 9.53 Å². The molecule has 2 rings (SSSR count). The molecule has 1 aromatic rings. The Morgan fingerprint density at radius 3 is 2.76 bits per heavy atom. The summed E-state index contributed by atoms with van der Waals surface area (Å²) >= 11 is 0. The Morgan fingerprint density at radius 2 is 2.10 bits per heavy atom. The Bertz CT molecular complexity index is 496. The van der Waals surface area contributed by atoms with Gasteiger partial charge in [0, 0.05) is 18.7 Å². The number of nitrogen functional groups attached to an aromatic ring is 1. The van der Waals surface area contributed by atoms with Crippen molar-refractivity contribution >= 4 is 29.7 Å². The highest BCUT2D eigenvalue weighted by atomic mass is 35.5. The summed E-state index contributed by atoms with van der Waals surface area (Å²) in [5.41, 5.74) is 6.81. The molecule has 3 N–H and O–H groups in total. The van der Waals surface area contributed by atoms with Crippen molar-refractivity contribution in [1.29, 1.82) is 0 Å². The number of fused-ring (bicyclic) bond motifs is 1. The molecule has 6 nitrogen and oxygen atoms in total. The molecule has 0 aliphatic carbocycles. The van der Waals surface area contributed by atoms with Crippen molar-refractivity contribution < 1.29 is 19.0 Å². The maximum absolute atomic E-state index is 12.0. The molecule has 7 heteroatoms. The number of carbonyl (C=O) groups excluding carboxylic acids is 1. The first-order valence-corrected chi connectivity index (χ1v) is 6.73. The number of nitrogens with two attached hydrogens (primary N) is 1. The van der Waals surface area contributed by atoms with E-state index in [-0.39, 0.29) is 25.1 Å². The lowest BCUT2D eigenvalue weighted by Crippen LogP contribution is -2.28. The number of unbranched alkanes of at least 4 members (excludes halogenated alkanes) is 1. The minimum absolute atomic E-state index is 0. The number of nitrogens with one attached hydrogen (secondary N) is 1. The number of hydrogen-bond donors (Lipinski definition) is 2. The minimum Gasteiger partial charge on any atom is -0.454 e. The first-order chi connectivity index (χ1) is 9.61. The zero-order chi connectivity index (χ0) is 14.5. The third kappa shape index (κ3) is 4.41. The van der Waals surface area contributed by atoms with Gasteiger partial charge in [0.25, 0.3) is 5.91 Å². The maximum Gasteiger partial charge on any atom is 0.253 e. The SMILES string of the molecule is CCCCOC(C)C(=O)Nc1cc2c(cc1N)OCO2.Cl. The molecule has 0 saturated carbocycles. The number of halogens is 1. The summed E-state index contributed by atoms with van der Waals surface area (Å²) in [5, 5.41) is 2.74. The van der Waals surface area contributed by atoms with Gasteiger partial charge in [0.2, 0.25) is 6.79 Å². The van der Waals surface area contributed by atoms with E-state index in [1.807, 2.05) is 0 Å². The maximum atomic E-state index is 12.0. The molecule has 1 aliphatic heterocycles. The van der Waals surface area contributed by atoms with Crippen molar-refractivity contribution in [1.82, 2.24) is 0 Å². The molecule has 0 fully saturated rings. The van der Waals surface area contributed by atoms with E-state index in [2.05, 4.69) is 12.2 Å². The van der Waals surface area contributed by atoms with E-state index in [0.29, 0.717) is 29.5 Å². The molecule has 0 spiro atoms. The lowest BCUT2D eigenvalue weighted by atomic mass is 10.2. The van der Waals surface area contributed by atoms with E-state index >= 15 is 0 Å². The van der Waals surface area contributed by atoms with E-state index in [1.54, 1.807) is 19.1 Å². The molecule has 0 bridgehead atoms. The van der Waals surface area contributed by atoms with Crippen molar-refractivity contribution in [3.8, 4) is 11.5 Å². The van der Waals surface area contributed by atoms with Crippen molar-refractivity contribution in [2.75, 3.05) is 24.5 Å². The molecule has 1 unspecified atom stereocenters. The number of hydrogen-bond acceptors (Lipinski definition) is 5. The van der Waals surface area contributed by atoms with E-state index in [9.17, 15) is 4.79 Å². The van der Waals surface area contributed by atoms with Crippen molar-refractivity contribution in [2.45, 2.75) is 32.8 Å². The minimum atomic E-state index is -0.522. The van der Waals surface area contributed by atoms with Gasteiger partial charge in [0.05, 0.1) is 11.4 Å². The predicted molar refractivity (Wildman–Crippen MR) is 83.2 cm³/mol. The molecule has 1 atom stereocenters. The fraction of sp³-hybridized carbons (Fsp3) is 0.500. The number of carbonyl (C=O) groups is 1. The third-order valence-corrected chi connectivity index (χ3v) is 3.04. The molecule has 0 saturated heterocycles. The van der Waals surface area contributed by atoms with Gasteiger partial charge in [-0.15, -0.1) is 12.4 Å². The largest absolute Gasteiger partial charge is 0.454 e. The molecular formula is C14H21ClN2O4. The summed E-state index contributed by atoms with van der Waals surface area (Å²) < 4.78 is 15.9. The van der Waals surface area contributed by atoms with Crippen LogP contribution in [0.2, 0.25) is 0 Å². The van der Waals surface area contributed by atoms with Crippen LogP contribution >= 0.6 is 12.4 Å². The Kier molecular flexibility index (Phi) is 6.58. The smallest absolute Gasteiger partial charge is 0.253 e. The monoisotopic (exact) mass is 316 g/mol. The van der Waals surface area contributed by atoms with Crippen molar-refractivity contribution in [3.05, 3.63) is 12.1 Å². The van der Waals surface area contributed by atoms with E-state index < -0.39 is 6.10 Å². The summed E-state index contributed by atoms with van der Waals surface area (Å²) in [6.07, 6.45) is 1.44. The van der Waals surface area contributed by atoms with Crippen molar-refractivity contribution in [3.63, 3.8) is 0 Å². The number of benzene rings is 1. The van der Waals surface area contributed by atoms with Crippen molar-refractivity contribution in [2.24, 2.45) is 0 Å². The average molecular weight is 317 g/mol. The van der Waals surface area contributed by atoms with Crippen LogP contribution in [0.1, 0.15) is 26.7 Å². The highest BCUT2D eigenvalue weighted by Gasteiger charge is 2.19. The molecule has 118 valence electrons. The normalized spacial score (nSPS) is 13.4. The molecule has 0 radical (unpaired) electrons. The summed E-state index contributed by atoms with van der Waals surface area (Å²) in [6.45, 7) is 4.53. The zero-order valence-corrected chi connectivity index (χ0v) is 13.0. The Morgan fingerprint density at radius 1 is 1.43 bits per heavy atom. The van der Waals surface area contributed by atoms with Crippen LogP contribution in [0.15, 0.2) is 12.1 Å². The first-order valence-electron chi connectivity index (χ1n) is 6.73. The number of anilines is 2. The lowest BCUT2D eigenvalue weighted by molar-refractivity contribution is -0.126. The molecular weight excluding hydrogens is 296 g/mol. The molecule has 21 heavy (non-hydrogen) atoms. The standard InChI is InChI=1S/C14H20N2O4.ClH/c1-3-4-5-18-9(2)14(17)16-11-7-13-12(6-10(11)15)19-8-20-13;/h6-7,9H,3-5,8,15H2,1-2H3,(H,16,17);1H. The summed E-state index contributed by atoms with van der Waals surface area (Å²) in [4.78, 5) is 12.0. The Labute approximate surface area is 130 Å². The van der Waals surface area contributed by atoms with Gasteiger partial charge < -0.3 is 25.3 Å². The van der Waals surface area contributed by atoms with Gasteiger partial charge in [-0.25, -0.2) is 0 Å². The van der Waals surface area contributed by atoms with Gasteiger partial charge in [-0.05, 0) is 13.3 Å². The molecule has 1 aromatic carbocycles. The number of ether oxygens (including phenoxy) is 3. The second-order valence-corrected chi connectivity index (χ2v) is 4.65. The number of rotatable bonds is 6. The van der Waals surface area contributed by atoms with Crippen LogP contribution in [0.25, 0.3) is 0 Å². The number of amides is 1. The van der Waals surface area contributed by atoms with Gasteiger partial charge in [0.1, 0.15) is 6.10 Å². The molecule has 1 heterocycles. The third-order valence-electron chi connectivity index (χ3n) is 3.04. The van der Waals surface area contributed by atoms with Crippen LogP contribution in [0.4, 0.5) is 11.4 Å². The van der Waals surface area contributed by atoms with E-state index in [4.69, 9.17) is 19.9 Å². The van der Waals surface area contributed by atoms with Crippen LogP contribution in [0.5, 0.6) is 11.5 Å². The quantitative estimate of drug-likeness (QED) is 0.622. The molecule has 1 aliphatic rings.